The van der Waals surface area contributed by atoms with Gasteiger partial charge in [0.15, 0.2) is 34.2 Å². The minimum Gasteiger partial charge on any atom is -0.291 e. The molecule has 1 fully saturated rings. The third-order valence-corrected chi connectivity index (χ3v) is 6.57. The molecule has 2 aromatic carbocycles. The van der Waals surface area contributed by atoms with Gasteiger partial charge in [-0.05, 0) is 14.1 Å². The van der Waals surface area contributed by atoms with Crippen LogP contribution in [0.3, 0.4) is 0 Å². The Balaban J connectivity index is 1.62. The van der Waals surface area contributed by atoms with Gasteiger partial charge in [0.2, 0.25) is 0 Å². The van der Waals surface area contributed by atoms with E-state index in [1.54, 1.807) is 72.4 Å². The van der Waals surface area contributed by atoms with E-state index in [1.807, 2.05) is 0 Å². The molecule has 6 heteroatoms. The summed E-state index contributed by atoms with van der Waals surface area (Å²) in [6.45, 7) is -0.0252. The molecule has 1 heterocycles. The van der Waals surface area contributed by atoms with Crippen molar-refractivity contribution >= 4 is 23.1 Å². The van der Waals surface area contributed by atoms with Crippen molar-refractivity contribution in [1.82, 2.24) is 9.80 Å². The van der Waals surface area contributed by atoms with E-state index < -0.39 is 11.1 Å². The first-order valence-corrected chi connectivity index (χ1v) is 9.15. The molecule has 0 atom stereocenters. The van der Waals surface area contributed by atoms with Gasteiger partial charge in [-0.1, -0.05) is 48.5 Å². The van der Waals surface area contributed by atoms with Gasteiger partial charge < -0.3 is 0 Å². The van der Waals surface area contributed by atoms with Crippen molar-refractivity contribution in [3.63, 3.8) is 0 Å². The maximum absolute atomic E-state index is 13.3. The fourth-order valence-corrected chi connectivity index (χ4v) is 5.03. The average molecular weight is 374 g/mol. The molecule has 0 unspecified atom stereocenters. The molecule has 0 N–H and O–H groups in total. The second-order valence-electron chi connectivity index (χ2n) is 7.84. The highest BCUT2D eigenvalue weighted by atomic mass is 16.2. The van der Waals surface area contributed by atoms with E-state index in [9.17, 15) is 19.2 Å². The molecule has 3 aliphatic rings. The van der Waals surface area contributed by atoms with Gasteiger partial charge in [-0.3, -0.25) is 29.0 Å². The van der Waals surface area contributed by atoms with E-state index in [0.29, 0.717) is 22.3 Å². The lowest BCUT2D eigenvalue weighted by Crippen LogP contribution is -2.76. The molecule has 28 heavy (non-hydrogen) atoms. The second kappa shape index (κ2) is 5.31. The molecule has 2 aromatic rings. The number of piperazine rings is 1. The van der Waals surface area contributed by atoms with Crippen LogP contribution in [-0.2, 0) is 0 Å². The second-order valence-corrected chi connectivity index (χ2v) is 7.84. The molecule has 140 valence electrons. The summed E-state index contributed by atoms with van der Waals surface area (Å²) in [5, 5.41) is 0. The highest BCUT2D eigenvalue weighted by molar-refractivity contribution is 6.35. The summed E-state index contributed by atoms with van der Waals surface area (Å²) in [5.41, 5.74) is -1.21. The molecule has 2 spiro atoms. The number of carbonyl (C=O) groups is 4. The standard InChI is InChI=1S/C22H18N2O4/c1-23-11-22(19(27)15-9-5-6-10-16(15)20(22)28)24(2)12-21(23)17(25)13-7-3-4-8-14(13)18(21)26/h3-10H,11-12H2,1-2H3. The van der Waals surface area contributed by atoms with Gasteiger partial charge in [0.25, 0.3) is 0 Å². The number of benzene rings is 2. The highest BCUT2D eigenvalue weighted by Gasteiger charge is 2.66. The average Bonchev–Trinajstić information content (AvgIpc) is 3.05. The van der Waals surface area contributed by atoms with Crippen molar-refractivity contribution < 1.29 is 19.2 Å². The molecule has 0 bridgehead atoms. The minimum absolute atomic E-state index is 0.0126. The molecule has 1 aliphatic heterocycles. The van der Waals surface area contributed by atoms with Crippen molar-refractivity contribution in [2.45, 2.75) is 11.1 Å². The highest BCUT2D eigenvalue weighted by Crippen LogP contribution is 2.44. The smallest absolute Gasteiger partial charge is 0.193 e. The Hall–Kier alpha value is -2.96. The SMILES string of the molecule is CN1CC2(C(=O)c3ccccc3C2=O)N(C)CC12C(=O)c1ccccc1C2=O. The number of carbonyl (C=O) groups excluding carboxylic acids is 4. The van der Waals surface area contributed by atoms with Gasteiger partial charge in [-0.2, -0.15) is 0 Å². The lowest BCUT2D eigenvalue weighted by atomic mass is 9.79. The van der Waals surface area contributed by atoms with E-state index in [0.717, 1.165) is 0 Å². The summed E-state index contributed by atoms with van der Waals surface area (Å²) in [4.78, 5) is 56.3. The normalized spacial score (nSPS) is 22.9. The monoisotopic (exact) mass is 374 g/mol. The molecule has 0 saturated carbocycles. The largest absolute Gasteiger partial charge is 0.291 e. The number of Topliss-reactive ketones (excluding diaryl/α,β-unsaturated/α-hetero) is 4. The number of hydrogen-bond acceptors (Lipinski definition) is 6. The number of nitrogens with zero attached hydrogens (tertiary/aromatic N) is 2. The quantitative estimate of drug-likeness (QED) is 0.651. The van der Waals surface area contributed by atoms with Crippen LogP contribution in [0.1, 0.15) is 41.4 Å². The zero-order chi connectivity index (χ0) is 19.8. The predicted octanol–water partition coefficient (Wildman–Crippen LogP) is 1.50. The van der Waals surface area contributed by atoms with Crippen LogP contribution >= 0.6 is 0 Å². The first-order valence-electron chi connectivity index (χ1n) is 9.15. The first-order chi connectivity index (χ1) is 13.4. The van der Waals surface area contributed by atoms with Crippen molar-refractivity contribution in [2.24, 2.45) is 0 Å². The van der Waals surface area contributed by atoms with E-state index in [-0.39, 0.29) is 36.2 Å². The summed E-state index contributed by atoms with van der Waals surface area (Å²) in [6.07, 6.45) is 0. The van der Waals surface area contributed by atoms with Crippen LogP contribution < -0.4 is 0 Å². The maximum Gasteiger partial charge on any atom is 0.193 e. The Labute approximate surface area is 161 Å². The topological polar surface area (TPSA) is 74.8 Å². The molecular weight excluding hydrogens is 356 g/mol. The van der Waals surface area contributed by atoms with Gasteiger partial charge in [-0.25, -0.2) is 0 Å². The molecule has 5 rings (SSSR count). The van der Waals surface area contributed by atoms with Crippen LogP contribution in [0.15, 0.2) is 48.5 Å². The van der Waals surface area contributed by atoms with Crippen LogP contribution in [0, 0.1) is 0 Å². The molecule has 0 aromatic heterocycles. The number of likely N-dealkylation sites (N-methyl/N-ethyl adjacent to an activating group) is 2. The van der Waals surface area contributed by atoms with E-state index in [1.165, 1.54) is 0 Å². The third kappa shape index (κ3) is 1.70. The van der Waals surface area contributed by atoms with Gasteiger partial charge in [-0.15, -0.1) is 0 Å². The van der Waals surface area contributed by atoms with Crippen LogP contribution in [0.2, 0.25) is 0 Å². The number of rotatable bonds is 0. The Bertz CT molecular complexity index is 946. The molecule has 0 amide bonds. The van der Waals surface area contributed by atoms with Crippen molar-refractivity contribution in [3.05, 3.63) is 70.8 Å². The minimum atomic E-state index is -1.40. The first kappa shape index (κ1) is 17.2. The maximum atomic E-state index is 13.3. The fourth-order valence-electron chi connectivity index (χ4n) is 5.03. The summed E-state index contributed by atoms with van der Waals surface area (Å²) in [5.74, 6) is -1.08. The van der Waals surface area contributed by atoms with Crippen molar-refractivity contribution in [1.29, 1.82) is 0 Å². The number of fused-ring (bicyclic) bond motifs is 2. The molecule has 0 radical (unpaired) electrons. The van der Waals surface area contributed by atoms with E-state index >= 15 is 0 Å². The molecule has 6 nitrogen and oxygen atoms in total. The van der Waals surface area contributed by atoms with Crippen molar-refractivity contribution in [3.8, 4) is 0 Å². The Morgan fingerprint density at radius 3 is 1.07 bits per heavy atom. The van der Waals surface area contributed by atoms with Crippen LogP contribution in [0.4, 0.5) is 0 Å². The molecular formula is C22H18N2O4. The lowest BCUT2D eigenvalue weighted by Gasteiger charge is -2.51. The Kier molecular flexibility index (Phi) is 3.25. The van der Waals surface area contributed by atoms with Crippen LogP contribution in [0.5, 0.6) is 0 Å². The Morgan fingerprint density at radius 2 is 0.821 bits per heavy atom. The summed E-state index contributed by atoms with van der Waals surface area (Å²) in [6, 6.07) is 13.6. The summed E-state index contributed by atoms with van der Waals surface area (Å²) >= 11 is 0. The van der Waals surface area contributed by atoms with Gasteiger partial charge in [0.05, 0.1) is 0 Å². The summed E-state index contributed by atoms with van der Waals surface area (Å²) in [7, 11) is 3.31. The third-order valence-electron chi connectivity index (χ3n) is 6.57. The zero-order valence-corrected chi connectivity index (χ0v) is 15.6. The van der Waals surface area contributed by atoms with E-state index in [4.69, 9.17) is 0 Å². The number of ketones is 4. The zero-order valence-electron chi connectivity index (χ0n) is 15.6. The fraction of sp³-hybridized carbons (Fsp3) is 0.273. The molecule has 2 aliphatic carbocycles. The Morgan fingerprint density at radius 1 is 0.571 bits per heavy atom. The lowest BCUT2D eigenvalue weighted by molar-refractivity contribution is -0.0149. The van der Waals surface area contributed by atoms with Gasteiger partial charge >= 0.3 is 0 Å². The van der Waals surface area contributed by atoms with Gasteiger partial charge in [0.1, 0.15) is 0 Å². The van der Waals surface area contributed by atoms with E-state index in [2.05, 4.69) is 0 Å². The number of hydrogen-bond donors (Lipinski definition) is 0. The van der Waals surface area contributed by atoms with Gasteiger partial charge in [0, 0.05) is 35.3 Å². The van der Waals surface area contributed by atoms with Crippen molar-refractivity contribution in [2.75, 3.05) is 27.2 Å². The summed E-state index contributed by atoms with van der Waals surface area (Å²) < 4.78 is 0. The predicted molar refractivity (Wildman–Crippen MR) is 101 cm³/mol. The van der Waals surface area contributed by atoms with Crippen LogP contribution in [0.25, 0.3) is 0 Å². The van der Waals surface area contributed by atoms with Crippen LogP contribution in [-0.4, -0.2) is 71.2 Å². The molecule has 1 saturated heterocycles.